The van der Waals surface area contributed by atoms with Gasteiger partial charge in [-0.3, -0.25) is 13.9 Å². The molecular weight excluding hydrogens is 497 g/mol. The number of sulfonamides is 1. The molecule has 0 heterocycles. The van der Waals surface area contributed by atoms with Crippen LogP contribution in [-0.2, 0) is 26.2 Å². The summed E-state index contributed by atoms with van der Waals surface area (Å²) in [6.07, 6.45) is 2.11. The van der Waals surface area contributed by atoms with Gasteiger partial charge in [0.1, 0.15) is 12.6 Å². The summed E-state index contributed by atoms with van der Waals surface area (Å²) in [5.74, 6) is -0.859. The molecular formula is C24H31Cl2N3O4S. The van der Waals surface area contributed by atoms with Crippen LogP contribution in [0, 0.1) is 6.92 Å². The standard InChI is InChI=1S/C24H31Cl2N3O4S/c1-5-14-27-24(31)22(6-2)28(15-19-20(25)8-7-9-21(19)26)23(30)16-29(34(4,32)33)18-12-10-17(3)11-13-18/h7-13,22H,5-6,14-16H2,1-4H3,(H,27,31)/t22-/m0/s1. The molecule has 0 radical (unpaired) electrons. The predicted molar refractivity (Wildman–Crippen MR) is 138 cm³/mol. The number of halogens is 2. The minimum atomic E-state index is -3.78. The molecule has 2 aromatic carbocycles. The SMILES string of the molecule is CCCNC(=O)[C@H](CC)N(Cc1c(Cl)cccc1Cl)C(=O)CN(c1ccc(C)cc1)S(C)(=O)=O. The third kappa shape index (κ3) is 7.35. The van der Waals surface area contributed by atoms with E-state index in [1.807, 2.05) is 13.8 Å². The molecule has 2 aromatic rings. The number of benzene rings is 2. The van der Waals surface area contributed by atoms with E-state index in [2.05, 4.69) is 5.32 Å². The third-order valence-corrected chi connectivity index (χ3v) is 7.18. The van der Waals surface area contributed by atoms with Gasteiger partial charge in [0.2, 0.25) is 21.8 Å². The maximum atomic E-state index is 13.6. The summed E-state index contributed by atoms with van der Waals surface area (Å²) >= 11 is 12.7. The molecule has 0 aromatic heterocycles. The van der Waals surface area contributed by atoms with Gasteiger partial charge in [0.15, 0.2) is 0 Å². The zero-order chi connectivity index (χ0) is 25.5. The summed E-state index contributed by atoms with van der Waals surface area (Å²) in [5, 5.41) is 3.53. The summed E-state index contributed by atoms with van der Waals surface area (Å²) in [5.41, 5.74) is 1.81. The van der Waals surface area contributed by atoms with Crippen molar-refractivity contribution < 1.29 is 18.0 Å². The van der Waals surface area contributed by atoms with Gasteiger partial charge in [-0.1, -0.05) is 60.8 Å². The van der Waals surface area contributed by atoms with Crippen LogP contribution in [0.5, 0.6) is 0 Å². The van der Waals surface area contributed by atoms with Gasteiger partial charge in [-0.25, -0.2) is 8.42 Å². The fourth-order valence-electron chi connectivity index (χ4n) is 3.46. The number of nitrogens with zero attached hydrogens (tertiary/aromatic N) is 2. The molecule has 10 heteroatoms. The number of carbonyl (C=O) groups excluding carboxylic acids is 2. The van der Waals surface area contributed by atoms with E-state index in [-0.39, 0.29) is 12.5 Å². The monoisotopic (exact) mass is 527 g/mol. The Morgan fingerprint density at radius 1 is 1.03 bits per heavy atom. The third-order valence-electron chi connectivity index (χ3n) is 5.33. The second-order valence-corrected chi connectivity index (χ2v) is 10.8. The topological polar surface area (TPSA) is 86.8 Å². The van der Waals surface area contributed by atoms with Crippen molar-refractivity contribution in [3.63, 3.8) is 0 Å². The average molecular weight is 529 g/mol. The van der Waals surface area contributed by atoms with E-state index in [1.165, 1.54) is 4.90 Å². The first-order chi connectivity index (χ1) is 16.0. The van der Waals surface area contributed by atoms with Gasteiger partial charge in [-0.05, 0) is 44.0 Å². The molecule has 0 aliphatic heterocycles. The largest absolute Gasteiger partial charge is 0.354 e. The van der Waals surface area contributed by atoms with Crippen molar-refractivity contribution in [1.29, 1.82) is 0 Å². The molecule has 0 aliphatic rings. The van der Waals surface area contributed by atoms with Crippen molar-refractivity contribution in [1.82, 2.24) is 10.2 Å². The Balaban J connectivity index is 2.47. The first-order valence-corrected chi connectivity index (χ1v) is 13.6. The molecule has 2 rings (SSSR count). The van der Waals surface area contributed by atoms with E-state index in [0.29, 0.717) is 34.3 Å². The summed E-state index contributed by atoms with van der Waals surface area (Å²) < 4.78 is 26.2. The summed E-state index contributed by atoms with van der Waals surface area (Å²) in [6.45, 7) is 5.55. The number of anilines is 1. The highest BCUT2D eigenvalue weighted by Gasteiger charge is 2.32. The number of nitrogens with one attached hydrogen (secondary N) is 1. The van der Waals surface area contributed by atoms with Gasteiger partial charge in [0.05, 0.1) is 11.9 Å². The molecule has 0 unspecified atom stereocenters. The normalized spacial score (nSPS) is 12.2. The summed E-state index contributed by atoms with van der Waals surface area (Å²) in [6, 6.07) is 11.0. The average Bonchev–Trinajstić information content (AvgIpc) is 2.77. The van der Waals surface area contributed by atoms with Crippen molar-refractivity contribution in [2.75, 3.05) is 23.7 Å². The number of amides is 2. The van der Waals surface area contributed by atoms with Gasteiger partial charge >= 0.3 is 0 Å². The first kappa shape index (κ1) is 28.0. The van der Waals surface area contributed by atoms with Crippen molar-refractivity contribution in [3.05, 3.63) is 63.6 Å². The number of carbonyl (C=O) groups is 2. The minimum Gasteiger partial charge on any atom is -0.354 e. The van der Waals surface area contributed by atoms with Gasteiger partial charge < -0.3 is 10.2 Å². The van der Waals surface area contributed by atoms with E-state index in [0.717, 1.165) is 22.5 Å². The second-order valence-electron chi connectivity index (χ2n) is 8.04. The summed E-state index contributed by atoms with van der Waals surface area (Å²) in [7, 11) is -3.78. The molecule has 0 spiro atoms. The van der Waals surface area contributed by atoms with Crippen LogP contribution >= 0.6 is 23.2 Å². The smallest absolute Gasteiger partial charge is 0.244 e. The van der Waals surface area contributed by atoms with E-state index in [4.69, 9.17) is 23.2 Å². The maximum absolute atomic E-state index is 13.6. The van der Waals surface area contributed by atoms with E-state index < -0.39 is 28.5 Å². The van der Waals surface area contributed by atoms with Crippen LogP contribution < -0.4 is 9.62 Å². The molecule has 0 aliphatic carbocycles. The Hall–Kier alpha value is -2.29. The molecule has 7 nitrogen and oxygen atoms in total. The lowest BCUT2D eigenvalue weighted by Gasteiger charge is -2.33. The fourth-order valence-corrected chi connectivity index (χ4v) is 4.83. The minimum absolute atomic E-state index is 0.0408. The van der Waals surface area contributed by atoms with Crippen LogP contribution in [0.4, 0.5) is 5.69 Å². The fraction of sp³-hybridized carbons (Fsp3) is 0.417. The molecule has 2 amide bonds. The zero-order valence-corrected chi connectivity index (χ0v) is 22.2. The highest BCUT2D eigenvalue weighted by molar-refractivity contribution is 7.92. The van der Waals surface area contributed by atoms with Gasteiger partial charge in [-0.15, -0.1) is 0 Å². The number of aryl methyl sites for hydroxylation is 1. The second kappa shape index (κ2) is 12.4. The van der Waals surface area contributed by atoms with Crippen LogP contribution in [0.25, 0.3) is 0 Å². The first-order valence-electron chi connectivity index (χ1n) is 11.0. The Bertz CT molecular complexity index is 1090. The van der Waals surface area contributed by atoms with Crippen LogP contribution in [-0.4, -0.2) is 50.5 Å². The molecule has 0 saturated heterocycles. The Morgan fingerprint density at radius 3 is 2.12 bits per heavy atom. The predicted octanol–water partition coefficient (Wildman–Crippen LogP) is 4.40. The molecule has 1 atom stereocenters. The van der Waals surface area contributed by atoms with E-state index in [9.17, 15) is 18.0 Å². The van der Waals surface area contributed by atoms with Gasteiger partial charge in [0.25, 0.3) is 0 Å². The number of hydrogen-bond donors (Lipinski definition) is 1. The van der Waals surface area contributed by atoms with Crippen molar-refractivity contribution in [2.45, 2.75) is 46.2 Å². The Labute approximate surface area is 212 Å². The lowest BCUT2D eigenvalue weighted by molar-refractivity contribution is -0.140. The van der Waals surface area contributed by atoms with Crippen LogP contribution in [0.1, 0.15) is 37.8 Å². The van der Waals surface area contributed by atoms with Gasteiger partial charge in [0, 0.05) is 28.7 Å². The lowest BCUT2D eigenvalue weighted by Crippen LogP contribution is -2.52. The van der Waals surface area contributed by atoms with E-state index in [1.54, 1.807) is 49.4 Å². The van der Waals surface area contributed by atoms with Crippen molar-refractivity contribution in [2.24, 2.45) is 0 Å². The van der Waals surface area contributed by atoms with E-state index >= 15 is 0 Å². The van der Waals surface area contributed by atoms with Crippen LogP contribution in [0.15, 0.2) is 42.5 Å². The molecule has 34 heavy (non-hydrogen) atoms. The molecule has 0 bridgehead atoms. The summed E-state index contributed by atoms with van der Waals surface area (Å²) in [4.78, 5) is 27.9. The Kier molecular flexibility index (Phi) is 10.2. The number of rotatable bonds is 11. The lowest BCUT2D eigenvalue weighted by atomic mass is 10.1. The highest BCUT2D eigenvalue weighted by atomic mass is 35.5. The Morgan fingerprint density at radius 2 is 1.62 bits per heavy atom. The van der Waals surface area contributed by atoms with Crippen molar-refractivity contribution >= 4 is 50.7 Å². The van der Waals surface area contributed by atoms with Crippen LogP contribution in [0.2, 0.25) is 10.0 Å². The number of hydrogen-bond acceptors (Lipinski definition) is 4. The van der Waals surface area contributed by atoms with Crippen molar-refractivity contribution in [3.8, 4) is 0 Å². The molecule has 186 valence electrons. The van der Waals surface area contributed by atoms with Crippen LogP contribution in [0.3, 0.4) is 0 Å². The maximum Gasteiger partial charge on any atom is 0.244 e. The quantitative estimate of drug-likeness (QED) is 0.469. The molecule has 0 fully saturated rings. The molecule has 1 N–H and O–H groups in total. The molecule has 0 saturated carbocycles. The zero-order valence-electron chi connectivity index (χ0n) is 19.8. The highest BCUT2D eigenvalue weighted by Crippen LogP contribution is 2.27. The van der Waals surface area contributed by atoms with Gasteiger partial charge in [-0.2, -0.15) is 0 Å².